The summed E-state index contributed by atoms with van der Waals surface area (Å²) in [6, 6.07) is 10.7. The van der Waals surface area contributed by atoms with Crippen molar-refractivity contribution < 1.29 is 14.3 Å². The first-order chi connectivity index (χ1) is 13.4. The number of rotatable bonds is 7. The van der Waals surface area contributed by atoms with Crippen LogP contribution in [0.5, 0.6) is 0 Å². The predicted octanol–water partition coefficient (Wildman–Crippen LogP) is 3.13. The van der Waals surface area contributed by atoms with Crippen molar-refractivity contribution >= 4 is 11.8 Å². The highest BCUT2D eigenvalue weighted by Crippen LogP contribution is 2.45. The highest BCUT2D eigenvalue weighted by atomic mass is 16.5. The molecule has 1 unspecified atom stereocenters. The molecule has 2 saturated heterocycles. The van der Waals surface area contributed by atoms with Gasteiger partial charge in [0.15, 0.2) is 0 Å². The summed E-state index contributed by atoms with van der Waals surface area (Å²) in [5.41, 5.74) is 0.993. The summed E-state index contributed by atoms with van der Waals surface area (Å²) >= 11 is 0. The van der Waals surface area contributed by atoms with Crippen LogP contribution in [-0.4, -0.2) is 60.5 Å². The Morgan fingerprint density at radius 1 is 1.21 bits per heavy atom. The highest BCUT2D eigenvalue weighted by Gasteiger charge is 2.52. The predicted molar refractivity (Wildman–Crippen MR) is 110 cm³/mol. The van der Waals surface area contributed by atoms with Crippen LogP contribution in [0.2, 0.25) is 0 Å². The largest absolute Gasteiger partial charge is 0.372 e. The van der Waals surface area contributed by atoms with E-state index in [0.717, 1.165) is 32.2 Å². The summed E-state index contributed by atoms with van der Waals surface area (Å²) in [5, 5.41) is 0. The maximum absolute atomic E-state index is 13.5. The second kappa shape index (κ2) is 9.08. The Kier molecular flexibility index (Phi) is 6.76. The molecule has 154 valence electrons. The molecule has 2 aliphatic heterocycles. The van der Waals surface area contributed by atoms with Gasteiger partial charge in [-0.05, 0) is 44.1 Å². The van der Waals surface area contributed by atoms with E-state index >= 15 is 0 Å². The molecule has 5 nitrogen and oxygen atoms in total. The molecule has 1 aromatic carbocycles. The molecule has 2 amide bonds. The lowest BCUT2D eigenvalue weighted by atomic mass is 9.75. The molecule has 2 heterocycles. The Labute approximate surface area is 169 Å². The zero-order chi connectivity index (χ0) is 20.1. The minimum absolute atomic E-state index is 0.0435. The van der Waals surface area contributed by atoms with Crippen LogP contribution in [0.3, 0.4) is 0 Å². The molecule has 0 N–H and O–H groups in total. The van der Waals surface area contributed by atoms with Gasteiger partial charge < -0.3 is 14.5 Å². The fourth-order valence-corrected chi connectivity index (χ4v) is 4.70. The summed E-state index contributed by atoms with van der Waals surface area (Å²) in [5.74, 6) is 0.797. The zero-order valence-corrected chi connectivity index (χ0v) is 17.5. The number of hydrogen-bond acceptors (Lipinski definition) is 3. The normalized spacial score (nSPS) is 21.7. The van der Waals surface area contributed by atoms with Crippen LogP contribution in [0.25, 0.3) is 0 Å². The second-order valence-corrected chi connectivity index (χ2v) is 8.70. The van der Waals surface area contributed by atoms with E-state index < -0.39 is 0 Å². The van der Waals surface area contributed by atoms with Crippen LogP contribution in [0.1, 0.15) is 45.6 Å². The molecule has 2 aliphatic rings. The van der Waals surface area contributed by atoms with Crippen molar-refractivity contribution in [1.82, 2.24) is 9.80 Å². The average molecular weight is 387 g/mol. The molecule has 28 heavy (non-hydrogen) atoms. The van der Waals surface area contributed by atoms with Gasteiger partial charge in [0.1, 0.15) is 6.61 Å². The molecule has 0 radical (unpaired) electrons. The number of carbonyl (C=O) groups excluding carboxylic acids is 2. The molecule has 5 heteroatoms. The number of piperidine rings is 1. The van der Waals surface area contributed by atoms with E-state index in [4.69, 9.17) is 4.74 Å². The van der Waals surface area contributed by atoms with Crippen molar-refractivity contribution in [3.8, 4) is 0 Å². The molecule has 3 rings (SSSR count). The van der Waals surface area contributed by atoms with E-state index in [9.17, 15) is 9.59 Å². The van der Waals surface area contributed by atoms with Gasteiger partial charge in [0.05, 0.1) is 5.41 Å². The number of amides is 2. The third-order valence-corrected chi connectivity index (χ3v) is 6.16. The molecular formula is C23H34N2O3. The highest BCUT2D eigenvalue weighted by molar-refractivity contribution is 5.86. The number of likely N-dealkylation sites (tertiary alicyclic amines) is 2. The van der Waals surface area contributed by atoms with Crippen LogP contribution < -0.4 is 0 Å². The SMILES string of the molecule is CCOCC(=O)N1CCC2(CC1)CC(Cc1ccccc1)N(CC(C)C)C2=O. The average Bonchev–Trinajstić information content (AvgIpc) is 2.92. The number of benzene rings is 1. The zero-order valence-electron chi connectivity index (χ0n) is 17.5. The minimum Gasteiger partial charge on any atom is -0.372 e. The van der Waals surface area contributed by atoms with Crippen LogP contribution in [0, 0.1) is 11.3 Å². The van der Waals surface area contributed by atoms with Crippen molar-refractivity contribution in [1.29, 1.82) is 0 Å². The molecule has 1 atom stereocenters. The number of hydrogen-bond donors (Lipinski definition) is 0. The topological polar surface area (TPSA) is 49.9 Å². The van der Waals surface area contributed by atoms with Gasteiger partial charge in [-0.25, -0.2) is 0 Å². The summed E-state index contributed by atoms with van der Waals surface area (Å²) < 4.78 is 5.26. The third-order valence-electron chi connectivity index (χ3n) is 6.16. The van der Waals surface area contributed by atoms with Crippen molar-refractivity contribution in [2.45, 2.75) is 52.5 Å². The monoisotopic (exact) mass is 386 g/mol. The Morgan fingerprint density at radius 3 is 2.50 bits per heavy atom. The Bertz CT molecular complexity index is 666. The first kappa shape index (κ1) is 20.8. The maximum atomic E-state index is 13.5. The van der Waals surface area contributed by atoms with Gasteiger partial charge in [-0.15, -0.1) is 0 Å². The van der Waals surface area contributed by atoms with E-state index in [0.29, 0.717) is 31.5 Å². The molecule has 1 spiro atoms. The standard InChI is InChI=1S/C23H34N2O3/c1-4-28-17-21(26)24-12-10-23(11-13-24)15-20(14-19-8-6-5-7-9-19)25(22(23)27)16-18(2)3/h5-9,18,20H,4,10-17H2,1-3H3. The lowest BCUT2D eigenvalue weighted by molar-refractivity contribution is -0.145. The quantitative estimate of drug-likeness (QED) is 0.723. The molecule has 0 aromatic heterocycles. The van der Waals surface area contributed by atoms with E-state index in [-0.39, 0.29) is 24.0 Å². The first-order valence-corrected chi connectivity index (χ1v) is 10.7. The van der Waals surface area contributed by atoms with Gasteiger partial charge in [0, 0.05) is 32.3 Å². The lowest BCUT2D eigenvalue weighted by Gasteiger charge is -2.38. The van der Waals surface area contributed by atoms with Crippen LogP contribution in [0.4, 0.5) is 0 Å². The summed E-state index contributed by atoms with van der Waals surface area (Å²) in [4.78, 5) is 29.7. The second-order valence-electron chi connectivity index (χ2n) is 8.70. The van der Waals surface area contributed by atoms with Crippen molar-refractivity contribution in [2.75, 3.05) is 32.8 Å². The molecular weight excluding hydrogens is 352 g/mol. The summed E-state index contributed by atoms with van der Waals surface area (Å²) in [7, 11) is 0. The van der Waals surface area contributed by atoms with E-state index in [2.05, 4.69) is 43.0 Å². The molecule has 1 aromatic rings. The molecule has 0 aliphatic carbocycles. The first-order valence-electron chi connectivity index (χ1n) is 10.7. The van der Waals surface area contributed by atoms with Crippen molar-refractivity contribution in [3.63, 3.8) is 0 Å². The molecule has 0 saturated carbocycles. The Hall–Kier alpha value is -1.88. The number of ether oxygens (including phenoxy) is 1. The van der Waals surface area contributed by atoms with Gasteiger partial charge >= 0.3 is 0 Å². The van der Waals surface area contributed by atoms with Crippen molar-refractivity contribution in [3.05, 3.63) is 35.9 Å². The van der Waals surface area contributed by atoms with E-state index in [1.807, 2.05) is 17.9 Å². The van der Waals surface area contributed by atoms with Crippen LogP contribution in [0.15, 0.2) is 30.3 Å². The maximum Gasteiger partial charge on any atom is 0.248 e. The van der Waals surface area contributed by atoms with Gasteiger partial charge in [0.2, 0.25) is 11.8 Å². The van der Waals surface area contributed by atoms with Gasteiger partial charge in [-0.3, -0.25) is 9.59 Å². The van der Waals surface area contributed by atoms with Crippen LogP contribution >= 0.6 is 0 Å². The van der Waals surface area contributed by atoms with Crippen molar-refractivity contribution in [2.24, 2.45) is 11.3 Å². The Morgan fingerprint density at radius 2 is 1.89 bits per heavy atom. The van der Waals surface area contributed by atoms with Gasteiger partial charge in [0.25, 0.3) is 0 Å². The van der Waals surface area contributed by atoms with E-state index in [1.165, 1.54) is 5.56 Å². The summed E-state index contributed by atoms with van der Waals surface area (Å²) in [6.45, 7) is 9.06. The molecule has 0 bridgehead atoms. The number of carbonyl (C=O) groups is 2. The fraction of sp³-hybridized carbons (Fsp3) is 0.652. The lowest BCUT2D eigenvalue weighted by Crippen LogP contribution is -2.48. The number of nitrogens with zero attached hydrogens (tertiary/aromatic N) is 2. The van der Waals surface area contributed by atoms with Gasteiger partial charge in [-0.2, -0.15) is 0 Å². The van der Waals surface area contributed by atoms with Crippen LogP contribution in [-0.2, 0) is 20.7 Å². The third kappa shape index (κ3) is 4.57. The van der Waals surface area contributed by atoms with Gasteiger partial charge in [-0.1, -0.05) is 44.2 Å². The minimum atomic E-state index is -0.295. The van der Waals surface area contributed by atoms with E-state index in [1.54, 1.807) is 0 Å². The Balaban J connectivity index is 1.70. The summed E-state index contributed by atoms with van der Waals surface area (Å²) in [6.07, 6.45) is 3.35. The fourth-order valence-electron chi connectivity index (χ4n) is 4.70. The molecule has 2 fully saturated rings. The smallest absolute Gasteiger partial charge is 0.248 e.